The van der Waals surface area contributed by atoms with Crippen molar-refractivity contribution in [3.63, 3.8) is 0 Å². The third-order valence-corrected chi connectivity index (χ3v) is 5.31. The van der Waals surface area contributed by atoms with Crippen LogP contribution in [0.3, 0.4) is 0 Å². The van der Waals surface area contributed by atoms with Gasteiger partial charge in [-0.25, -0.2) is 4.79 Å². The lowest BCUT2D eigenvalue weighted by molar-refractivity contribution is -0.142. The normalized spacial score (nSPS) is 11.8. The molecule has 0 bridgehead atoms. The van der Waals surface area contributed by atoms with Crippen LogP contribution < -0.4 is 26.8 Å². The molecule has 0 aromatic heterocycles. The highest BCUT2D eigenvalue weighted by Gasteiger charge is 2.26. The number of unbranched alkanes of at least 4 members (excludes halogenated alkanes) is 1. The number of carboxylic acids is 1. The molecule has 12 heteroatoms. The maximum atomic E-state index is 12.9. The lowest BCUT2D eigenvalue weighted by Crippen LogP contribution is -2.53. The molecule has 3 amide bonds. The van der Waals surface area contributed by atoms with Crippen molar-refractivity contribution in [3.05, 3.63) is 55.1 Å². The Morgan fingerprint density at radius 1 is 1.08 bits per heavy atom. The number of guanidine groups is 1. The highest BCUT2D eigenvalue weighted by molar-refractivity contribution is 5.91. The molecule has 0 aliphatic rings. The number of hydrogen-bond donors (Lipinski definition) is 5. The number of benzene rings is 1. The minimum Gasteiger partial charge on any atom is -0.490 e. The molecule has 0 heterocycles. The number of aliphatic carboxylic acids is 1. The van der Waals surface area contributed by atoms with Crippen molar-refractivity contribution in [3.8, 4) is 5.75 Å². The summed E-state index contributed by atoms with van der Waals surface area (Å²) < 4.78 is 5.45. The molecular weight excluding hydrogens is 492 g/mol. The van der Waals surface area contributed by atoms with Gasteiger partial charge in [0.1, 0.15) is 24.4 Å². The molecule has 2 atom stereocenters. The summed E-state index contributed by atoms with van der Waals surface area (Å²) in [5.41, 5.74) is 11.4. The van der Waals surface area contributed by atoms with Gasteiger partial charge in [-0.05, 0) is 43.4 Å². The number of amides is 3. The second kappa shape index (κ2) is 17.2. The van der Waals surface area contributed by atoms with Crippen LogP contribution in [-0.4, -0.2) is 71.4 Å². The van der Waals surface area contributed by atoms with Crippen LogP contribution in [0.4, 0.5) is 0 Å². The highest BCUT2D eigenvalue weighted by Crippen LogP contribution is 2.14. The first-order valence-electron chi connectivity index (χ1n) is 12.1. The van der Waals surface area contributed by atoms with Gasteiger partial charge >= 0.3 is 5.97 Å². The van der Waals surface area contributed by atoms with E-state index in [-0.39, 0.29) is 37.8 Å². The van der Waals surface area contributed by atoms with Gasteiger partial charge in [-0.1, -0.05) is 30.9 Å². The number of ether oxygens (including phenoxy) is 1. The van der Waals surface area contributed by atoms with Crippen molar-refractivity contribution in [2.45, 2.75) is 51.2 Å². The minimum absolute atomic E-state index is 0.0156. The van der Waals surface area contributed by atoms with Gasteiger partial charge in [0.15, 0.2) is 5.96 Å². The van der Waals surface area contributed by atoms with Gasteiger partial charge in [-0.3, -0.25) is 19.4 Å². The molecule has 0 saturated carbocycles. The molecule has 1 rings (SSSR count). The molecule has 38 heavy (non-hydrogen) atoms. The van der Waals surface area contributed by atoms with Crippen LogP contribution in [0.2, 0.25) is 0 Å². The van der Waals surface area contributed by atoms with Gasteiger partial charge in [0, 0.05) is 20.0 Å². The number of nitrogens with one attached hydrogen (secondary N) is 2. The number of nitrogens with zero attached hydrogens (tertiary/aromatic N) is 2. The third-order valence-electron chi connectivity index (χ3n) is 5.31. The number of aliphatic imine (C=N–C) groups is 1. The average Bonchev–Trinajstić information content (AvgIpc) is 2.86. The fourth-order valence-electron chi connectivity index (χ4n) is 3.36. The summed E-state index contributed by atoms with van der Waals surface area (Å²) in [6.45, 7) is 9.02. The predicted molar refractivity (Wildman–Crippen MR) is 144 cm³/mol. The summed E-state index contributed by atoms with van der Waals surface area (Å²) in [6, 6.07) is 4.86. The van der Waals surface area contributed by atoms with Gasteiger partial charge in [-0.2, -0.15) is 0 Å². The summed E-state index contributed by atoms with van der Waals surface area (Å²) in [4.78, 5) is 54.6. The van der Waals surface area contributed by atoms with Gasteiger partial charge < -0.3 is 36.8 Å². The van der Waals surface area contributed by atoms with E-state index in [0.717, 1.165) is 5.56 Å². The fourth-order valence-corrected chi connectivity index (χ4v) is 3.36. The van der Waals surface area contributed by atoms with Crippen LogP contribution in [0.5, 0.6) is 5.75 Å². The van der Waals surface area contributed by atoms with Crippen molar-refractivity contribution in [2.75, 3.05) is 19.7 Å². The summed E-state index contributed by atoms with van der Waals surface area (Å²) in [7, 11) is 0. The molecule has 7 N–H and O–H groups in total. The van der Waals surface area contributed by atoms with E-state index in [2.05, 4.69) is 28.8 Å². The van der Waals surface area contributed by atoms with Crippen molar-refractivity contribution in [1.82, 2.24) is 15.5 Å². The number of rotatable bonds is 18. The van der Waals surface area contributed by atoms with E-state index in [0.29, 0.717) is 31.7 Å². The summed E-state index contributed by atoms with van der Waals surface area (Å²) in [5.74, 6) is -2.18. The van der Waals surface area contributed by atoms with Crippen molar-refractivity contribution in [2.24, 2.45) is 16.5 Å². The standard InChI is InChI=1S/C26H38N6O6/c1-4-8-22(25(36)37)31-24(35)21(9-6-7-14-29-26(27)28)30-23(34)17-32(18(3)33)16-19-10-12-20(13-11-19)38-15-5-2/h4-5,10-13,21-22H,1-2,6-9,14-17H2,3H3,(H,30,34)(H,31,35)(H,36,37)(H4,27,28,29)/t21-,22+/m1/s1. The van der Waals surface area contributed by atoms with E-state index in [1.807, 2.05) is 0 Å². The molecule has 0 fully saturated rings. The van der Waals surface area contributed by atoms with E-state index in [9.17, 15) is 24.3 Å². The second-order valence-corrected chi connectivity index (χ2v) is 8.46. The Balaban J connectivity index is 2.88. The smallest absolute Gasteiger partial charge is 0.326 e. The Kier molecular flexibility index (Phi) is 14.3. The Bertz CT molecular complexity index is 990. The molecule has 208 valence electrons. The molecule has 0 unspecified atom stereocenters. The van der Waals surface area contributed by atoms with Crippen molar-refractivity contribution < 1.29 is 29.0 Å². The van der Waals surface area contributed by atoms with Gasteiger partial charge in [0.05, 0.1) is 6.54 Å². The van der Waals surface area contributed by atoms with E-state index in [4.69, 9.17) is 16.2 Å². The molecule has 0 saturated heterocycles. The van der Waals surface area contributed by atoms with Crippen LogP contribution >= 0.6 is 0 Å². The topological polar surface area (TPSA) is 189 Å². The number of carbonyl (C=O) groups excluding carboxylic acids is 3. The first kappa shape index (κ1) is 31.7. The van der Waals surface area contributed by atoms with Gasteiger partial charge in [0.2, 0.25) is 17.7 Å². The third kappa shape index (κ3) is 12.6. The second-order valence-electron chi connectivity index (χ2n) is 8.46. The zero-order valence-corrected chi connectivity index (χ0v) is 21.7. The zero-order chi connectivity index (χ0) is 28.5. The van der Waals surface area contributed by atoms with E-state index in [1.165, 1.54) is 17.9 Å². The van der Waals surface area contributed by atoms with E-state index < -0.39 is 29.9 Å². The molecule has 0 aliphatic carbocycles. The average molecular weight is 531 g/mol. The SMILES string of the molecule is C=CCOc1ccc(CN(CC(=O)N[C@H](CCCCN=C(N)N)C(=O)N[C@@H](CC=C)C(=O)O)C(C)=O)cc1. The Labute approximate surface area is 222 Å². The molecule has 0 spiro atoms. The number of hydrogen-bond acceptors (Lipinski definition) is 6. The van der Waals surface area contributed by atoms with Crippen molar-refractivity contribution >= 4 is 29.7 Å². The molecular formula is C26H38N6O6. The van der Waals surface area contributed by atoms with Gasteiger partial charge in [-0.15, -0.1) is 6.58 Å². The Morgan fingerprint density at radius 2 is 1.76 bits per heavy atom. The largest absolute Gasteiger partial charge is 0.490 e. The van der Waals surface area contributed by atoms with Gasteiger partial charge in [0.25, 0.3) is 0 Å². The fraction of sp³-hybridized carbons (Fsp3) is 0.423. The van der Waals surface area contributed by atoms with Crippen molar-refractivity contribution in [1.29, 1.82) is 0 Å². The lowest BCUT2D eigenvalue weighted by Gasteiger charge is -2.24. The number of carboxylic acid groups (broad SMARTS) is 1. The monoisotopic (exact) mass is 530 g/mol. The summed E-state index contributed by atoms with van der Waals surface area (Å²) >= 11 is 0. The zero-order valence-electron chi connectivity index (χ0n) is 21.7. The number of carbonyl (C=O) groups is 4. The molecule has 1 aromatic carbocycles. The molecule has 0 aliphatic heterocycles. The van der Waals surface area contributed by atoms with Crippen LogP contribution in [0, 0.1) is 0 Å². The van der Waals surface area contributed by atoms with E-state index in [1.54, 1.807) is 30.3 Å². The van der Waals surface area contributed by atoms with Crippen LogP contribution in [0.15, 0.2) is 54.6 Å². The van der Waals surface area contributed by atoms with E-state index >= 15 is 0 Å². The maximum Gasteiger partial charge on any atom is 0.326 e. The quantitative estimate of drug-likeness (QED) is 0.0792. The number of nitrogens with two attached hydrogens (primary N) is 2. The lowest BCUT2D eigenvalue weighted by atomic mass is 10.1. The molecule has 12 nitrogen and oxygen atoms in total. The summed E-state index contributed by atoms with van der Waals surface area (Å²) in [6.07, 6.45) is 4.25. The van der Waals surface area contributed by atoms with Crippen LogP contribution in [0.1, 0.15) is 38.2 Å². The van der Waals surface area contributed by atoms with Crippen LogP contribution in [0.25, 0.3) is 0 Å². The highest BCUT2D eigenvalue weighted by atomic mass is 16.5. The first-order valence-corrected chi connectivity index (χ1v) is 12.1. The predicted octanol–water partition coefficient (Wildman–Crippen LogP) is 0.674. The first-order chi connectivity index (χ1) is 18.1. The summed E-state index contributed by atoms with van der Waals surface area (Å²) in [5, 5.41) is 14.4. The maximum absolute atomic E-state index is 12.9. The van der Waals surface area contributed by atoms with Crippen LogP contribution in [-0.2, 0) is 25.7 Å². The Morgan fingerprint density at radius 3 is 2.32 bits per heavy atom. The molecule has 0 radical (unpaired) electrons. The molecule has 1 aromatic rings. The Hall–Kier alpha value is -4.35. The minimum atomic E-state index is -1.22.